The number of nitrogens with zero attached hydrogens (tertiary/aromatic N) is 5. The second-order valence-corrected chi connectivity index (χ2v) is 7.66. The molecule has 2 aromatic heterocycles. The first-order valence-corrected chi connectivity index (χ1v) is 10.1. The van der Waals surface area contributed by atoms with E-state index in [1.807, 2.05) is 26.0 Å². The van der Waals surface area contributed by atoms with Crippen molar-refractivity contribution in [3.8, 4) is 5.75 Å². The Bertz CT molecular complexity index is 1230. The van der Waals surface area contributed by atoms with Crippen LogP contribution in [-0.2, 0) is 13.3 Å². The minimum Gasteiger partial charge on any atom is -0.471 e. The number of anilines is 1. The molecule has 0 saturated heterocycles. The zero-order chi connectivity index (χ0) is 22.7. The van der Waals surface area contributed by atoms with Gasteiger partial charge in [-0.3, -0.25) is 10.1 Å². The summed E-state index contributed by atoms with van der Waals surface area (Å²) in [6, 6.07) is 11.9. The Balaban J connectivity index is 1.36. The summed E-state index contributed by atoms with van der Waals surface area (Å²) in [5.74, 6) is -0.110. The van der Waals surface area contributed by atoms with Gasteiger partial charge >= 0.3 is 0 Å². The van der Waals surface area contributed by atoms with Crippen LogP contribution in [0.15, 0.2) is 55.0 Å². The van der Waals surface area contributed by atoms with Crippen molar-refractivity contribution in [2.24, 2.45) is 0 Å². The second-order valence-electron chi connectivity index (χ2n) is 7.26. The highest BCUT2D eigenvalue weighted by atomic mass is 35.5. The zero-order valence-electron chi connectivity index (χ0n) is 17.4. The standard InChI is InChI=1S/C22H20ClFN6O2/c1-14-8-15(2)10-16(9-14)32-13-29-7-6-20(27-29)21(31)26-22-25-12-30(28-22)11-17-18(23)4-3-5-19(17)24/h3-10,12H,11,13H2,1-2H3,(H,26,28,31). The lowest BCUT2D eigenvalue weighted by Gasteiger charge is -2.08. The zero-order valence-corrected chi connectivity index (χ0v) is 18.2. The van der Waals surface area contributed by atoms with Gasteiger partial charge in [0.15, 0.2) is 12.4 Å². The van der Waals surface area contributed by atoms with Crippen LogP contribution in [0.3, 0.4) is 0 Å². The van der Waals surface area contributed by atoms with Gasteiger partial charge in [-0.1, -0.05) is 23.7 Å². The molecule has 0 aliphatic rings. The third-order valence-electron chi connectivity index (χ3n) is 4.58. The molecule has 1 N–H and O–H groups in total. The number of halogens is 2. The molecule has 32 heavy (non-hydrogen) atoms. The molecular weight excluding hydrogens is 435 g/mol. The highest BCUT2D eigenvalue weighted by Gasteiger charge is 2.14. The quantitative estimate of drug-likeness (QED) is 0.451. The summed E-state index contributed by atoms with van der Waals surface area (Å²) < 4.78 is 22.6. The molecule has 0 fully saturated rings. The summed E-state index contributed by atoms with van der Waals surface area (Å²) in [6.45, 7) is 4.23. The number of ether oxygens (including phenoxy) is 1. The highest BCUT2D eigenvalue weighted by Crippen LogP contribution is 2.20. The normalized spacial score (nSPS) is 10.9. The molecule has 0 atom stereocenters. The first-order valence-electron chi connectivity index (χ1n) is 9.75. The molecule has 0 unspecified atom stereocenters. The molecule has 0 aliphatic heterocycles. The largest absolute Gasteiger partial charge is 0.471 e. The number of aromatic nitrogens is 5. The monoisotopic (exact) mass is 454 g/mol. The van der Waals surface area contributed by atoms with Crippen molar-refractivity contribution >= 4 is 23.5 Å². The Morgan fingerprint density at radius 3 is 2.66 bits per heavy atom. The van der Waals surface area contributed by atoms with Gasteiger partial charge in [-0.15, -0.1) is 5.10 Å². The number of carbonyl (C=O) groups excluding carboxylic acids is 1. The fourth-order valence-corrected chi connectivity index (χ4v) is 3.37. The van der Waals surface area contributed by atoms with Gasteiger partial charge in [-0.25, -0.2) is 18.7 Å². The molecule has 4 aromatic rings. The maximum atomic E-state index is 14.0. The number of benzene rings is 2. The SMILES string of the molecule is Cc1cc(C)cc(OCn2ccc(C(=O)Nc3ncn(Cc4c(F)cccc4Cl)n3)n2)c1. The van der Waals surface area contributed by atoms with E-state index in [2.05, 4.69) is 26.6 Å². The van der Waals surface area contributed by atoms with E-state index in [1.165, 1.54) is 27.8 Å². The highest BCUT2D eigenvalue weighted by molar-refractivity contribution is 6.31. The van der Waals surface area contributed by atoms with Crippen molar-refractivity contribution in [1.82, 2.24) is 24.5 Å². The molecule has 1 amide bonds. The molecule has 0 saturated carbocycles. The van der Waals surface area contributed by atoms with Gasteiger partial charge < -0.3 is 4.74 Å². The summed E-state index contributed by atoms with van der Waals surface area (Å²) in [5, 5.41) is 11.2. The smallest absolute Gasteiger partial charge is 0.278 e. The number of rotatable bonds is 7. The average Bonchev–Trinajstić information content (AvgIpc) is 3.38. The van der Waals surface area contributed by atoms with Gasteiger partial charge in [0.2, 0.25) is 5.95 Å². The summed E-state index contributed by atoms with van der Waals surface area (Å²) in [4.78, 5) is 16.5. The topological polar surface area (TPSA) is 86.9 Å². The third kappa shape index (κ3) is 5.12. The molecule has 10 heteroatoms. The van der Waals surface area contributed by atoms with Gasteiger partial charge in [0.1, 0.15) is 17.9 Å². The number of amides is 1. The number of carbonyl (C=O) groups is 1. The van der Waals surface area contributed by atoms with E-state index in [9.17, 15) is 9.18 Å². The van der Waals surface area contributed by atoms with E-state index < -0.39 is 11.7 Å². The number of hydrogen-bond donors (Lipinski definition) is 1. The van der Waals surface area contributed by atoms with Crippen LogP contribution in [0.1, 0.15) is 27.2 Å². The lowest BCUT2D eigenvalue weighted by atomic mass is 10.1. The van der Waals surface area contributed by atoms with Crippen LogP contribution in [0.5, 0.6) is 5.75 Å². The van der Waals surface area contributed by atoms with Crippen LogP contribution in [0.2, 0.25) is 5.02 Å². The van der Waals surface area contributed by atoms with E-state index >= 15 is 0 Å². The summed E-state index contributed by atoms with van der Waals surface area (Å²) in [7, 11) is 0. The molecule has 2 heterocycles. The molecular formula is C22H20ClFN6O2. The van der Waals surface area contributed by atoms with Crippen molar-refractivity contribution in [3.63, 3.8) is 0 Å². The van der Waals surface area contributed by atoms with Crippen LogP contribution in [0, 0.1) is 19.7 Å². The molecule has 8 nitrogen and oxygen atoms in total. The maximum Gasteiger partial charge on any atom is 0.278 e. The number of aryl methyl sites for hydroxylation is 2. The lowest BCUT2D eigenvalue weighted by Crippen LogP contribution is -2.15. The Kier molecular flexibility index (Phi) is 6.18. The average molecular weight is 455 g/mol. The Morgan fingerprint density at radius 2 is 1.91 bits per heavy atom. The predicted molar refractivity (Wildman–Crippen MR) is 117 cm³/mol. The van der Waals surface area contributed by atoms with Crippen molar-refractivity contribution in [3.05, 3.63) is 88.2 Å². The van der Waals surface area contributed by atoms with E-state index in [1.54, 1.807) is 18.3 Å². The van der Waals surface area contributed by atoms with Crippen molar-refractivity contribution in [2.75, 3.05) is 5.32 Å². The predicted octanol–water partition coefficient (Wildman–Crippen LogP) is 4.22. The van der Waals surface area contributed by atoms with E-state index in [0.29, 0.717) is 10.6 Å². The van der Waals surface area contributed by atoms with E-state index in [0.717, 1.165) is 16.9 Å². The van der Waals surface area contributed by atoms with Crippen LogP contribution >= 0.6 is 11.6 Å². The van der Waals surface area contributed by atoms with Crippen LogP contribution in [-0.4, -0.2) is 30.5 Å². The minimum absolute atomic E-state index is 0.0727. The number of nitrogens with one attached hydrogen (secondary N) is 1. The summed E-state index contributed by atoms with van der Waals surface area (Å²) >= 11 is 6.04. The molecule has 0 radical (unpaired) electrons. The summed E-state index contributed by atoms with van der Waals surface area (Å²) in [5.41, 5.74) is 2.68. The van der Waals surface area contributed by atoms with E-state index in [-0.39, 0.29) is 24.9 Å². The van der Waals surface area contributed by atoms with Gasteiger partial charge in [0.25, 0.3) is 5.91 Å². The summed E-state index contributed by atoms with van der Waals surface area (Å²) in [6.07, 6.45) is 3.03. The molecule has 164 valence electrons. The first kappa shape index (κ1) is 21.5. The Labute approximate surface area is 188 Å². The van der Waals surface area contributed by atoms with Gasteiger partial charge in [0, 0.05) is 16.8 Å². The first-order chi connectivity index (χ1) is 15.4. The molecule has 0 aliphatic carbocycles. The fourth-order valence-electron chi connectivity index (χ4n) is 3.15. The van der Waals surface area contributed by atoms with Crippen LogP contribution in [0.4, 0.5) is 10.3 Å². The maximum absolute atomic E-state index is 14.0. The Morgan fingerprint density at radius 1 is 1.12 bits per heavy atom. The van der Waals surface area contributed by atoms with Gasteiger partial charge in [0.05, 0.1) is 6.54 Å². The number of hydrogen-bond acceptors (Lipinski definition) is 5. The molecule has 0 spiro atoms. The van der Waals surface area contributed by atoms with Gasteiger partial charge in [-0.2, -0.15) is 5.10 Å². The Hall–Kier alpha value is -3.72. The van der Waals surface area contributed by atoms with Crippen molar-refractivity contribution in [2.45, 2.75) is 27.1 Å². The van der Waals surface area contributed by atoms with Crippen LogP contribution < -0.4 is 10.1 Å². The van der Waals surface area contributed by atoms with Gasteiger partial charge in [-0.05, 0) is 55.3 Å². The van der Waals surface area contributed by atoms with E-state index in [4.69, 9.17) is 16.3 Å². The lowest BCUT2D eigenvalue weighted by molar-refractivity contribution is 0.101. The molecule has 4 rings (SSSR count). The third-order valence-corrected chi connectivity index (χ3v) is 4.93. The van der Waals surface area contributed by atoms with Crippen molar-refractivity contribution in [1.29, 1.82) is 0 Å². The van der Waals surface area contributed by atoms with Crippen molar-refractivity contribution < 1.29 is 13.9 Å². The molecule has 0 bridgehead atoms. The van der Waals surface area contributed by atoms with Crippen LogP contribution in [0.25, 0.3) is 0 Å². The second kappa shape index (κ2) is 9.19. The fraction of sp³-hybridized carbons (Fsp3) is 0.182. The minimum atomic E-state index is -0.475. The molecule has 2 aromatic carbocycles.